The van der Waals surface area contributed by atoms with Crippen LogP contribution in [-0.4, -0.2) is 38.7 Å². The number of hydrogen-bond donors (Lipinski definition) is 1. The molecule has 8 nitrogen and oxygen atoms in total. The number of furan rings is 2. The Morgan fingerprint density at radius 3 is 2.73 bits per heavy atom. The van der Waals surface area contributed by atoms with Gasteiger partial charge in [0.2, 0.25) is 17.6 Å². The highest BCUT2D eigenvalue weighted by Crippen LogP contribution is 2.18. The van der Waals surface area contributed by atoms with E-state index in [4.69, 9.17) is 13.4 Å². The molecule has 26 heavy (non-hydrogen) atoms. The summed E-state index contributed by atoms with van der Waals surface area (Å²) in [7, 11) is 0. The smallest absolute Gasteiger partial charge is 0.238 e. The van der Waals surface area contributed by atoms with Crippen LogP contribution in [0.3, 0.4) is 0 Å². The molecule has 0 saturated carbocycles. The largest absolute Gasteiger partial charge is 0.467 e. The second-order valence-corrected chi connectivity index (χ2v) is 5.83. The third-order valence-corrected chi connectivity index (χ3v) is 4.11. The van der Waals surface area contributed by atoms with Crippen LogP contribution in [0.4, 0.5) is 0 Å². The molecule has 0 radical (unpaired) electrons. The predicted octanol–water partition coefficient (Wildman–Crippen LogP) is 2.65. The molecule has 0 fully saturated rings. The van der Waals surface area contributed by atoms with Crippen LogP contribution < -0.4 is 0 Å². The number of aryl methyl sites for hydroxylation is 1. The zero-order valence-electron chi connectivity index (χ0n) is 14.5. The molecule has 0 aromatic carbocycles. The standard InChI is InChI=1S/C18H21N3O5/c1-2-13(12-22)21(11-14-5-3-9-24-14)17(23)8-7-16-19-18(20-26-16)15-6-4-10-25-15/h3-6,9-10,13,22H,2,7-8,11-12H2,1H3/t13-/m0/s1. The quantitative estimate of drug-likeness (QED) is 0.626. The maximum atomic E-state index is 12.7. The lowest BCUT2D eigenvalue weighted by atomic mass is 10.1. The van der Waals surface area contributed by atoms with Crippen molar-refractivity contribution in [2.75, 3.05) is 6.61 Å². The number of rotatable bonds is 9. The van der Waals surface area contributed by atoms with Crippen LogP contribution in [0.5, 0.6) is 0 Å². The molecule has 0 aliphatic heterocycles. The van der Waals surface area contributed by atoms with E-state index in [2.05, 4.69) is 10.1 Å². The lowest BCUT2D eigenvalue weighted by molar-refractivity contribution is -0.135. The SMILES string of the molecule is CC[C@@H](CO)N(Cc1ccco1)C(=O)CCc1nc(-c2ccco2)no1. The van der Waals surface area contributed by atoms with Gasteiger partial charge in [-0.1, -0.05) is 12.1 Å². The van der Waals surface area contributed by atoms with E-state index in [0.717, 1.165) is 0 Å². The highest BCUT2D eigenvalue weighted by molar-refractivity contribution is 5.76. The Morgan fingerprint density at radius 1 is 1.27 bits per heavy atom. The fourth-order valence-electron chi connectivity index (χ4n) is 2.66. The molecular formula is C18H21N3O5. The van der Waals surface area contributed by atoms with Crippen molar-refractivity contribution in [1.29, 1.82) is 0 Å². The summed E-state index contributed by atoms with van der Waals surface area (Å²) in [6, 6.07) is 6.78. The second kappa shape index (κ2) is 8.48. The molecule has 3 rings (SSSR count). The van der Waals surface area contributed by atoms with E-state index < -0.39 is 0 Å². The average molecular weight is 359 g/mol. The van der Waals surface area contributed by atoms with Gasteiger partial charge >= 0.3 is 0 Å². The molecule has 0 unspecified atom stereocenters. The van der Waals surface area contributed by atoms with E-state index in [-0.39, 0.29) is 25.0 Å². The number of nitrogens with zero attached hydrogens (tertiary/aromatic N) is 3. The van der Waals surface area contributed by atoms with E-state index in [1.165, 1.54) is 6.26 Å². The monoisotopic (exact) mass is 359 g/mol. The Balaban J connectivity index is 1.63. The maximum absolute atomic E-state index is 12.7. The minimum absolute atomic E-state index is 0.105. The molecule has 1 atom stereocenters. The van der Waals surface area contributed by atoms with Crippen LogP contribution in [0.25, 0.3) is 11.6 Å². The van der Waals surface area contributed by atoms with Crippen LogP contribution in [-0.2, 0) is 17.8 Å². The molecule has 3 heterocycles. The van der Waals surface area contributed by atoms with Crippen molar-refractivity contribution in [1.82, 2.24) is 15.0 Å². The number of carbonyl (C=O) groups is 1. The fourth-order valence-corrected chi connectivity index (χ4v) is 2.66. The molecular weight excluding hydrogens is 338 g/mol. The molecule has 0 aliphatic carbocycles. The van der Waals surface area contributed by atoms with Crippen LogP contribution in [0.1, 0.15) is 31.4 Å². The van der Waals surface area contributed by atoms with E-state index in [9.17, 15) is 9.90 Å². The molecule has 3 aromatic rings. The minimum atomic E-state index is -0.269. The lowest BCUT2D eigenvalue weighted by Gasteiger charge is -2.29. The third-order valence-electron chi connectivity index (χ3n) is 4.11. The summed E-state index contributed by atoms with van der Waals surface area (Å²) in [6.45, 7) is 2.13. The second-order valence-electron chi connectivity index (χ2n) is 5.83. The Hall–Kier alpha value is -2.87. The Morgan fingerprint density at radius 2 is 2.08 bits per heavy atom. The van der Waals surface area contributed by atoms with Crippen molar-refractivity contribution in [3.8, 4) is 11.6 Å². The van der Waals surface area contributed by atoms with Crippen molar-refractivity contribution in [3.63, 3.8) is 0 Å². The van der Waals surface area contributed by atoms with E-state index in [1.54, 1.807) is 35.4 Å². The van der Waals surface area contributed by atoms with Gasteiger partial charge < -0.3 is 23.4 Å². The topological polar surface area (TPSA) is 106 Å². The number of aliphatic hydroxyl groups is 1. The highest BCUT2D eigenvalue weighted by atomic mass is 16.5. The molecule has 1 N–H and O–H groups in total. The summed E-state index contributed by atoms with van der Waals surface area (Å²) in [5, 5.41) is 13.4. The minimum Gasteiger partial charge on any atom is -0.467 e. The number of aromatic nitrogens is 2. The first-order valence-electron chi connectivity index (χ1n) is 8.50. The van der Waals surface area contributed by atoms with E-state index >= 15 is 0 Å². The first-order valence-corrected chi connectivity index (χ1v) is 8.50. The number of aliphatic hydroxyl groups excluding tert-OH is 1. The Kier molecular flexibility index (Phi) is 5.85. The fraction of sp³-hybridized carbons (Fsp3) is 0.389. The zero-order valence-corrected chi connectivity index (χ0v) is 14.5. The van der Waals surface area contributed by atoms with Gasteiger partial charge in [0.05, 0.1) is 31.7 Å². The van der Waals surface area contributed by atoms with Crippen LogP contribution in [0.2, 0.25) is 0 Å². The number of carbonyl (C=O) groups excluding carboxylic acids is 1. The van der Waals surface area contributed by atoms with Gasteiger partial charge in [-0.25, -0.2) is 0 Å². The summed E-state index contributed by atoms with van der Waals surface area (Å²) in [5.74, 6) is 1.78. The maximum Gasteiger partial charge on any atom is 0.238 e. The predicted molar refractivity (Wildman–Crippen MR) is 90.7 cm³/mol. The molecule has 3 aromatic heterocycles. The molecule has 0 saturated heterocycles. The first-order chi connectivity index (χ1) is 12.7. The van der Waals surface area contributed by atoms with Gasteiger partial charge in [0.15, 0.2) is 5.76 Å². The van der Waals surface area contributed by atoms with E-state index in [0.29, 0.717) is 42.6 Å². The highest BCUT2D eigenvalue weighted by Gasteiger charge is 2.23. The molecule has 138 valence electrons. The van der Waals surface area contributed by atoms with Crippen molar-refractivity contribution in [3.05, 3.63) is 48.4 Å². The number of amides is 1. The normalized spacial score (nSPS) is 12.2. The molecule has 0 bridgehead atoms. The van der Waals surface area contributed by atoms with Gasteiger partial charge in [-0.2, -0.15) is 4.98 Å². The van der Waals surface area contributed by atoms with Gasteiger partial charge in [-0.15, -0.1) is 0 Å². The van der Waals surface area contributed by atoms with Gasteiger partial charge in [0, 0.05) is 12.8 Å². The van der Waals surface area contributed by atoms with Crippen molar-refractivity contribution in [2.24, 2.45) is 0 Å². The Labute approximate surface area is 150 Å². The van der Waals surface area contributed by atoms with Crippen molar-refractivity contribution < 1.29 is 23.3 Å². The van der Waals surface area contributed by atoms with Gasteiger partial charge in [-0.3, -0.25) is 4.79 Å². The summed E-state index contributed by atoms with van der Waals surface area (Å²) in [6.07, 6.45) is 4.24. The third kappa shape index (κ3) is 4.20. The van der Waals surface area contributed by atoms with Crippen LogP contribution in [0.15, 0.2) is 50.1 Å². The molecule has 1 amide bonds. The summed E-state index contributed by atoms with van der Waals surface area (Å²) in [4.78, 5) is 18.6. The van der Waals surface area contributed by atoms with Crippen molar-refractivity contribution >= 4 is 5.91 Å². The van der Waals surface area contributed by atoms with Crippen LogP contribution in [0, 0.1) is 0 Å². The summed E-state index contributed by atoms with van der Waals surface area (Å²) >= 11 is 0. The van der Waals surface area contributed by atoms with Gasteiger partial charge in [0.1, 0.15) is 5.76 Å². The summed E-state index contributed by atoms with van der Waals surface area (Å²) in [5.41, 5.74) is 0. The first kappa shape index (κ1) is 17.9. The summed E-state index contributed by atoms with van der Waals surface area (Å²) < 4.78 is 15.7. The molecule has 0 aliphatic rings. The van der Waals surface area contributed by atoms with Crippen molar-refractivity contribution in [2.45, 2.75) is 38.8 Å². The Bertz CT molecular complexity index is 791. The molecule has 8 heteroatoms. The van der Waals surface area contributed by atoms with Gasteiger partial charge in [0.25, 0.3) is 0 Å². The number of hydrogen-bond acceptors (Lipinski definition) is 7. The lowest BCUT2D eigenvalue weighted by Crippen LogP contribution is -2.41. The zero-order chi connectivity index (χ0) is 18.4. The van der Waals surface area contributed by atoms with E-state index in [1.807, 2.05) is 6.92 Å². The van der Waals surface area contributed by atoms with Crippen LogP contribution >= 0.6 is 0 Å². The molecule has 0 spiro atoms. The average Bonchev–Trinajstić information content (AvgIpc) is 3.41. The van der Waals surface area contributed by atoms with Gasteiger partial charge in [-0.05, 0) is 30.7 Å².